The molecular weight excluding hydrogens is 254 g/mol. The molecule has 0 aliphatic rings. The van der Waals surface area contributed by atoms with Crippen LogP contribution < -0.4 is 4.72 Å². The molecule has 0 saturated heterocycles. The van der Waals surface area contributed by atoms with Crippen molar-refractivity contribution in [2.45, 2.75) is 5.03 Å². The van der Waals surface area contributed by atoms with Gasteiger partial charge in [-0.05, 0) is 17.7 Å². The summed E-state index contributed by atoms with van der Waals surface area (Å²) in [5.74, 6) is 0.0922. The second-order valence-corrected chi connectivity index (χ2v) is 4.72. The lowest BCUT2D eigenvalue weighted by molar-refractivity contribution is 0.598. The van der Waals surface area contributed by atoms with Gasteiger partial charge in [0.2, 0.25) is 5.28 Å². The van der Waals surface area contributed by atoms with Gasteiger partial charge in [0.25, 0.3) is 10.0 Å². The molecule has 2 rings (SSSR count). The highest BCUT2D eigenvalue weighted by Gasteiger charge is 2.16. The van der Waals surface area contributed by atoms with Crippen LogP contribution in [0.4, 0.5) is 5.82 Å². The summed E-state index contributed by atoms with van der Waals surface area (Å²) in [7, 11) is -3.70. The second kappa shape index (κ2) is 4.06. The first-order valence-corrected chi connectivity index (χ1v) is 5.94. The van der Waals surface area contributed by atoms with E-state index >= 15 is 0 Å². The van der Waals surface area contributed by atoms with E-state index in [1.54, 1.807) is 0 Å². The van der Waals surface area contributed by atoms with Gasteiger partial charge in [-0.15, -0.1) is 0 Å². The average molecular weight is 260 g/mol. The summed E-state index contributed by atoms with van der Waals surface area (Å²) in [6.45, 7) is 0. The van der Waals surface area contributed by atoms with Crippen LogP contribution in [-0.2, 0) is 10.0 Å². The van der Waals surface area contributed by atoms with Gasteiger partial charge in [0.05, 0.1) is 12.5 Å². The molecule has 2 N–H and O–H groups in total. The lowest BCUT2D eigenvalue weighted by Gasteiger charge is -2.04. The zero-order chi connectivity index (χ0) is 11.6. The molecule has 0 spiro atoms. The molecule has 16 heavy (non-hydrogen) atoms. The quantitative estimate of drug-likeness (QED) is 0.789. The molecule has 2 aromatic heterocycles. The minimum absolute atomic E-state index is 0.0372. The summed E-state index contributed by atoms with van der Waals surface area (Å²) in [4.78, 5) is 13.4. The number of hydrogen-bond donors (Lipinski definition) is 2. The van der Waals surface area contributed by atoms with Crippen molar-refractivity contribution in [3.05, 3.63) is 30.1 Å². The molecule has 0 aliphatic heterocycles. The van der Waals surface area contributed by atoms with Crippen molar-refractivity contribution in [2.24, 2.45) is 0 Å². The zero-order valence-corrected chi connectivity index (χ0v) is 9.33. The Morgan fingerprint density at radius 1 is 1.44 bits per heavy atom. The third-order valence-electron chi connectivity index (χ3n) is 1.63. The lowest BCUT2D eigenvalue weighted by Crippen LogP contribution is -2.14. The zero-order valence-electron chi connectivity index (χ0n) is 7.75. The van der Waals surface area contributed by atoms with Crippen LogP contribution in [0.1, 0.15) is 0 Å². The topological polar surface area (TPSA) is 101 Å². The van der Waals surface area contributed by atoms with E-state index < -0.39 is 10.0 Å². The van der Waals surface area contributed by atoms with Crippen molar-refractivity contribution >= 4 is 27.4 Å². The highest BCUT2D eigenvalue weighted by molar-refractivity contribution is 7.92. The van der Waals surface area contributed by atoms with Gasteiger partial charge in [-0.2, -0.15) is 13.4 Å². The summed E-state index contributed by atoms with van der Waals surface area (Å²) in [6, 6.07) is 1.39. The van der Waals surface area contributed by atoms with E-state index in [4.69, 9.17) is 11.6 Å². The fourth-order valence-corrected chi connectivity index (χ4v) is 2.03. The SMILES string of the molecule is O=S(=O)(Nc1ccnc(Cl)n1)c1cnc[nH]1. The number of aromatic nitrogens is 4. The van der Waals surface area contributed by atoms with Crippen LogP contribution in [-0.4, -0.2) is 28.4 Å². The first-order chi connectivity index (χ1) is 7.58. The molecule has 84 valence electrons. The summed E-state index contributed by atoms with van der Waals surface area (Å²) in [5.41, 5.74) is 0. The second-order valence-electron chi connectivity index (χ2n) is 2.73. The summed E-state index contributed by atoms with van der Waals surface area (Å²) in [5, 5.41) is -0.0907. The van der Waals surface area contributed by atoms with E-state index in [2.05, 4.69) is 24.7 Å². The number of aromatic amines is 1. The van der Waals surface area contributed by atoms with Crippen LogP contribution in [0, 0.1) is 0 Å². The molecule has 2 aromatic rings. The maximum atomic E-state index is 11.7. The van der Waals surface area contributed by atoms with Crippen LogP contribution >= 0.6 is 11.6 Å². The van der Waals surface area contributed by atoms with Crippen molar-refractivity contribution in [2.75, 3.05) is 4.72 Å². The number of hydrogen-bond acceptors (Lipinski definition) is 5. The molecule has 0 fully saturated rings. The van der Waals surface area contributed by atoms with Crippen LogP contribution in [0.25, 0.3) is 0 Å². The standard InChI is InChI=1S/C7H6ClN5O2S/c8-7-10-2-1-5(12-7)13-16(14,15)6-3-9-4-11-6/h1-4H,(H,9,11)(H,10,12,13). The Balaban J connectivity index is 2.29. The van der Waals surface area contributed by atoms with Gasteiger partial charge in [-0.1, -0.05) is 0 Å². The van der Waals surface area contributed by atoms with Gasteiger partial charge in [-0.25, -0.2) is 9.97 Å². The predicted molar refractivity (Wildman–Crippen MR) is 56.4 cm³/mol. The molecule has 0 bridgehead atoms. The Morgan fingerprint density at radius 3 is 2.88 bits per heavy atom. The van der Waals surface area contributed by atoms with E-state index in [0.29, 0.717) is 0 Å². The summed E-state index contributed by atoms with van der Waals surface area (Å²) < 4.78 is 25.6. The lowest BCUT2D eigenvalue weighted by atomic mass is 10.6. The number of halogens is 1. The summed E-state index contributed by atoms with van der Waals surface area (Å²) in [6.07, 6.45) is 3.80. The highest BCUT2D eigenvalue weighted by Crippen LogP contribution is 2.12. The first-order valence-electron chi connectivity index (χ1n) is 4.08. The number of H-pyrrole nitrogens is 1. The van der Waals surface area contributed by atoms with Gasteiger partial charge in [-0.3, -0.25) is 4.72 Å². The minimum Gasteiger partial charge on any atom is -0.334 e. The third kappa shape index (κ3) is 2.28. The summed E-state index contributed by atoms with van der Waals surface area (Å²) >= 11 is 5.52. The molecule has 0 aromatic carbocycles. The number of nitrogens with zero attached hydrogens (tertiary/aromatic N) is 3. The van der Waals surface area contributed by atoms with Gasteiger partial charge in [0.1, 0.15) is 5.82 Å². The smallest absolute Gasteiger partial charge is 0.280 e. The Kier molecular flexibility index (Phi) is 2.75. The number of rotatable bonds is 3. The predicted octanol–water partition coefficient (Wildman–Crippen LogP) is 0.654. The number of sulfonamides is 1. The Morgan fingerprint density at radius 2 is 2.25 bits per heavy atom. The van der Waals surface area contributed by atoms with Crippen molar-refractivity contribution in [1.82, 2.24) is 19.9 Å². The molecule has 0 saturated carbocycles. The third-order valence-corrected chi connectivity index (χ3v) is 3.09. The van der Waals surface area contributed by atoms with E-state index in [9.17, 15) is 8.42 Å². The Labute approximate surface area is 96.0 Å². The van der Waals surface area contributed by atoms with Crippen LogP contribution in [0.2, 0.25) is 5.28 Å². The molecule has 0 aliphatic carbocycles. The van der Waals surface area contributed by atoms with E-state index in [-0.39, 0.29) is 16.1 Å². The molecule has 0 unspecified atom stereocenters. The molecule has 0 amide bonds. The van der Waals surface area contributed by atoms with Crippen molar-refractivity contribution in [1.29, 1.82) is 0 Å². The van der Waals surface area contributed by atoms with Crippen molar-refractivity contribution in [3.63, 3.8) is 0 Å². The number of anilines is 1. The number of nitrogens with one attached hydrogen (secondary N) is 2. The van der Waals surface area contributed by atoms with Crippen LogP contribution in [0.5, 0.6) is 0 Å². The largest absolute Gasteiger partial charge is 0.334 e. The van der Waals surface area contributed by atoms with Crippen LogP contribution in [0.3, 0.4) is 0 Å². The molecule has 9 heteroatoms. The molecule has 7 nitrogen and oxygen atoms in total. The van der Waals surface area contributed by atoms with Gasteiger partial charge in [0, 0.05) is 6.20 Å². The highest BCUT2D eigenvalue weighted by atomic mass is 35.5. The molecule has 2 heterocycles. The fraction of sp³-hybridized carbons (Fsp3) is 0. The minimum atomic E-state index is -3.70. The normalized spacial score (nSPS) is 11.3. The van der Waals surface area contributed by atoms with Gasteiger partial charge < -0.3 is 4.98 Å². The molecular formula is C7H6ClN5O2S. The monoisotopic (exact) mass is 259 g/mol. The van der Waals surface area contributed by atoms with E-state index in [1.807, 2.05) is 0 Å². The van der Waals surface area contributed by atoms with Crippen molar-refractivity contribution < 1.29 is 8.42 Å². The van der Waals surface area contributed by atoms with Gasteiger partial charge in [0.15, 0.2) is 5.03 Å². The van der Waals surface area contributed by atoms with E-state index in [0.717, 1.165) is 0 Å². The van der Waals surface area contributed by atoms with E-state index in [1.165, 1.54) is 24.8 Å². The number of imidazole rings is 1. The molecule has 0 atom stereocenters. The fourth-order valence-electron chi connectivity index (χ4n) is 0.974. The Hall–Kier alpha value is -1.67. The average Bonchev–Trinajstić information content (AvgIpc) is 2.69. The van der Waals surface area contributed by atoms with Crippen LogP contribution in [0.15, 0.2) is 29.8 Å². The van der Waals surface area contributed by atoms with Crippen molar-refractivity contribution in [3.8, 4) is 0 Å². The molecule has 0 radical (unpaired) electrons. The van der Waals surface area contributed by atoms with Gasteiger partial charge >= 0.3 is 0 Å². The maximum Gasteiger partial charge on any atom is 0.280 e. The first kappa shape index (κ1) is 10.8. The maximum absolute atomic E-state index is 11.7. The Bertz CT molecular complexity index is 583.